The van der Waals surface area contributed by atoms with Crippen LogP contribution in [0.4, 0.5) is 10.2 Å². The highest BCUT2D eigenvalue weighted by Crippen LogP contribution is 2.50. The molecule has 1 aliphatic carbocycles. The number of hydrogen-bond donors (Lipinski definition) is 1. The van der Waals surface area contributed by atoms with Crippen LogP contribution in [0.5, 0.6) is 11.8 Å². The van der Waals surface area contributed by atoms with Gasteiger partial charge in [0.25, 0.3) is 0 Å². The van der Waals surface area contributed by atoms with Gasteiger partial charge >= 0.3 is 11.6 Å². The second kappa shape index (κ2) is 7.44. The first kappa shape index (κ1) is 21.4. The van der Waals surface area contributed by atoms with Gasteiger partial charge in [0.05, 0.1) is 18.2 Å². The smallest absolute Gasteiger partial charge is 0.349 e. The predicted molar refractivity (Wildman–Crippen MR) is 130 cm³/mol. The second-order valence-corrected chi connectivity index (χ2v) is 9.47. The maximum Gasteiger partial charge on any atom is 0.349 e. The molecule has 0 unspecified atom stereocenters. The van der Waals surface area contributed by atoms with Crippen LogP contribution in [0.1, 0.15) is 30.4 Å². The lowest BCUT2D eigenvalue weighted by Crippen LogP contribution is -2.60. The third kappa shape index (κ3) is 3.08. The van der Waals surface area contributed by atoms with Crippen LogP contribution in [0, 0.1) is 30.5 Å². The summed E-state index contributed by atoms with van der Waals surface area (Å²) >= 11 is 0. The molecule has 7 nitrogen and oxygen atoms in total. The molecule has 2 fully saturated rings. The largest absolute Gasteiger partial charge is 0.508 e. The number of phenolic OH excluding ortho intramolecular Hbond substituents is 1. The van der Waals surface area contributed by atoms with Gasteiger partial charge in [-0.1, -0.05) is 18.4 Å². The van der Waals surface area contributed by atoms with Gasteiger partial charge in [-0.25, -0.2) is 9.18 Å². The van der Waals surface area contributed by atoms with Gasteiger partial charge in [0, 0.05) is 35.0 Å². The number of rotatable bonds is 3. The Hall–Kier alpha value is -4.12. The fourth-order valence-electron chi connectivity index (χ4n) is 5.44. The van der Waals surface area contributed by atoms with Gasteiger partial charge in [0.2, 0.25) is 0 Å². The summed E-state index contributed by atoms with van der Waals surface area (Å²) in [6, 6.07) is 5.80. The number of anilines is 1. The first-order valence-corrected chi connectivity index (χ1v) is 11.4. The summed E-state index contributed by atoms with van der Waals surface area (Å²) in [5.41, 5.74) is 0.924. The fraction of sp³-hybridized carbons (Fsp3) is 0.296. The molecule has 1 N–H and O–H groups in total. The zero-order valence-electron chi connectivity index (χ0n) is 19.3. The van der Waals surface area contributed by atoms with E-state index in [1.54, 1.807) is 6.92 Å². The van der Waals surface area contributed by atoms with E-state index in [4.69, 9.17) is 15.6 Å². The molecule has 2 aliphatic rings. The molecule has 3 heterocycles. The lowest BCUT2D eigenvalue weighted by atomic mass is 9.63. The molecule has 1 saturated carbocycles. The van der Waals surface area contributed by atoms with Crippen LogP contribution in [0.3, 0.4) is 0 Å². The Morgan fingerprint density at radius 3 is 2.66 bits per heavy atom. The third-order valence-electron chi connectivity index (χ3n) is 7.35. The minimum absolute atomic E-state index is 0.0204. The van der Waals surface area contributed by atoms with E-state index in [0.717, 1.165) is 13.1 Å². The van der Waals surface area contributed by atoms with E-state index < -0.39 is 11.4 Å². The maximum absolute atomic E-state index is 14.6. The summed E-state index contributed by atoms with van der Waals surface area (Å²) in [5, 5.41) is 11.5. The number of benzene rings is 2. The number of halogens is 1. The van der Waals surface area contributed by atoms with Gasteiger partial charge in [0.15, 0.2) is 5.82 Å². The number of nitrogens with zero attached hydrogens (tertiary/aromatic N) is 3. The molecule has 1 aliphatic heterocycles. The van der Waals surface area contributed by atoms with Crippen LogP contribution >= 0.6 is 0 Å². The Bertz CT molecular complexity index is 1640. The van der Waals surface area contributed by atoms with Crippen molar-refractivity contribution in [3.8, 4) is 35.4 Å². The number of aryl methyl sites for hydroxylation is 1. The summed E-state index contributed by atoms with van der Waals surface area (Å²) in [5.74, 6) is 2.37. The van der Waals surface area contributed by atoms with E-state index >= 15 is 0 Å². The minimum atomic E-state index is -0.622. The molecule has 8 heteroatoms. The molecular formula is C27H22FN3O4. The van der Waals surface area contributed by atoms with Crippen molar-refractivity contribution in [2.75, 3.05) is 25.1 Å². The molecular weight excluding hydrogens is 449 g/mol. The van der Waals surface area contributed by atoms with Gasteiger partial charge in [-0.3, -0.25) is 0 Å². The van der Waals surface area contributed by atoms with Gasteiger partial charge in [-0.2, -0.15) is 9.97 Å². The van der Waals surface area contributed by atoms with Crippen molar-refractivity contribution in [2.24, 2.45) is 5.41 Å². The molecule has 1 spiro atoms. The topological polar surface area (TPSA) is 88.7 Å². The molecule has 0 atom stereocenters. The Balaban J connectivity index is 1.63. The van der Waals surface area contributed by atoms with Crippen LogP contribution < -0.4 is 15.3 Å². The van der Waals surface area contributed by atoms with Crippen molar-refractivity contribution < 1.29 is 18.7 Å². The zero-order chi connectivity index (χ0) is 24.5. The van der Waals surface area contributed by atoms with Crippen LogP contribution in [-0.4, -0.2) is 35.3 Å². The van der Waals surface area contributed by atoms with E-state index in [1.165, 1.54) is 50.6 Å². The van der Waals surface area contributed by atoms with Crippen molar-refractivity contribution in [1.82, 2.24) is 9.97 Å². The number of terminal acetylenes is 1. The monoisotopic (exact) mass is 471 g/mol. The Labute approximate surface area is 200 Å². The molecule has 2 aromatic carbocycles. The Morgan fingerprint density at radius 1 is 1.23 bits per heavy atom. The average Bonchev–Trinajstić information content (AvgIpc) is 2.78. The number of methoxy groups -OCH3 is 1. The molecule has 4 aromatic rings. The van der Waals surface area contributed by atoms with E-state index in [0.29, 0.717) is 38.6 Å². The molecule has 0 bridgehead atoms. The van der Waals surface area contributed by atoms with E-state index in [1.807, 2.05) is 0 Å². The average molecular weight is 471 g/mol. The van der Waals surface area contributed by atoms with Crippen LogP contribution in [0.15, 0.2) is 33.5 Å². The lowest BCUT2D eigenvalue weighted by Gasteiger charge is -2.56. The van der Waals surface area contributed by atoms with Crippen molar-refractivity contribution in [3.05, 3.63) is 51.6 Å². The first-order valence-electron chi connectivity index (χ1n) is 11.4. The third-order valence-corrected chi connectivity index (χ3v) is 7.35. The molecule has 6 rings (SSSR count). The summed E-state index contributed by atoms with van der Waals surface area (Å²) < 4.78 is 25.8. The summed E-state index contributed by atoms with van der Waals surface area (Å²) in [4.78, 5) is 24.4. The van der Waals surface area contributed by atoms with Gasteiger partial charge in [-0.05, 0) is 43.4 Å². The lowest BCUT2D eigenvalue weighted by molar-refractivity contribution is 0.0897. The fourth-order valence-corrected chi connectivity index (χ4v) is 5.44. The SMILES string of the molecule is C#Cc1c(F)ccc2cc(O)cc(-c3oc(=O)c4c(N5CC6(CCC6)C5)nc(OC)nc4c3C)c12. The van der Waals surface area contributed by atoms with Crippen LogP contribution in [0.25, 0.3) is 33.0 Å². The first-order chi connectivity index (χ1) is 16.8. The highest BCUT2D eigenvalue weighted by molar-refractivity contribution is 6.03. The van der Waals surface area contributed by atoms with E-state index in [2.05, 4.69) is 20.8 Å². The van der Waals surface area contributed by atoms with E-state index in [9.17, 15) is 14.3 Å². The van der Waals surface area contributed by atoms with Crippen molar-refractivity contribution >= 4 is 27.5 Å². The number of aromatic nitrogens is 2. The highest BCUT2D eigenvalue weighted by atomic mass is 19.1. The highest BCUT2D eigenvalue weighted by Gasteiger charge is 2.48. The second-order valence-electron chi connectivity index (χ2n) is 9.47. The van der Waals surface area contributed by atoms with Crippen molar-refractivity contribution in [3.63, 3.8) is 0 Å². The van der Waals surface area contributed by atoms with Crippen molar-refractivity contribution in [2.45, 2.75) is 26.2 Å². The van der Waals surface area contributed by atoms with Gasteiger partial charge < -0.3 is 19.2 Å². The Kier molecular flexibility index (Phi) is 4.55. The van der Waals surface area contributed by atoms with Crippen molar-refractivity contribution in [1.29, 1.82) is 0 Å². The van der Waals surface area contributed by atoms with Gasteiger partial charge in [0.1, 0.15) is 22.7 Å². The maximum atomic E-state index is 14.6. The normalized spacial score (nSPS) is 16.2. The molecule has 0 amide bonds. The molecule has 176 valence electrons. The van der Waals surface area contributed by atoms with Crippen LogP contribution in [0.2, 0.25) is 0 Å². The summed E-state index contributed by atoms with van der Waals surface area (Å²) in [6.45, 7) is 3.40. The number of aromatic hydroxyl groups is 1. The van der Waals surface area contributed by atoms with Crippen LogP contribution in [-0.2, 0) is 0 Å². The van der Waals surface area contributed by atoms with Gasteiger partial charge in [-0.15, -0.1) is 6.42 Å². The molecule has 35 heavy (non-hydrogen) atoms. The number of fused-ring (bicyclic) bond motifs is 2. The Morgan fingerprint density at radius 2 is 2.00 bits per heavy atom. The minimum Gasteiger partial charge on any atom is -0.508 e. The quantitative estimate of drug-likeness (QED) is 0.439. The predicted octanol–water partition coefficient (Wildman–Crippen LogP) is 4.54. The summed E-state index contributed by atoms with van der Waals surface area (Å²) in [7, 11) is 1.47. The van der Waals surface area contributed by atoms with E-state index in [-0.39, 0.29) is 28.5 Å². The number of ether oxygens (including phenoxy) is 1. The zero-order valence-corrected chi connectivity index (χ0v) is 19.3. The molecule has 0 radical (unpaired) electrons. The number of hydrogen-bond acceptors (Lipinski definition) is 7. The molecule has 2 aromatic heterocycles. The number of phenols is 1. The standard InChI is InChI=1S/C27H22FN3O4/c1-4-17-19(28)7-6-15-10-16(32)11-18(20(15)17)23-14(2)22-21(25(33)35-23)24(30-26(29-22)34-3)31-12-27(13-31)8-5-9-27/h1,6-7,10-11,32H,5,8-9,12-13H2,2-3H3. The molecule has 1 saturated heterocycles. The summed E-state index contributed by atoms with van der Waals surface area (Å²) in [6.07, 6.45) is 9.21.